The number of aromatic nitrogens is 2. The van der Waals surface area contributed by atoms with Crippen molar-refractivity contribution in [3.8, 4) is 0 Å². The molecule has 0 bridgehead atoms. The van der Waals surface area contributed by atoms with Crippen LogP contribution in [0.25, 0.3) is 0 Å². The number of benzene rings is 1. The van der Waals surface area contributed by atoms with E-state index in [-0.39, 0.29) is 11.8 Å². The van der Waals surface area contributed by atoms with Gasteiger partial charge in [-0.3, -0.25) is 14.7 Å². The van der Waals surface area contributed by atoms with Gasteiger partial charge in [0.2, 0.25) is 5.91 Å². The molecule has 0 unspecified atom stereocenters. The number of amides is 2. The van der Waals surface area contributed by atoms with E-state index in [1.165, 1.54) is 6.08 Å². The maximum Gasteiger partial charge on any atom is 0.253 e. The van der Waals surface area contributed by atoms with Crippen LogP contribution in [0.1, 0.15) is 40.4 Å². The summed E-state index contributed by atoms with van der Waals surface area (Å²) >= 11 is 0. The first-order valence-corrected chi connectivity index (χ1v) is 8.45. The monoisotopic (exact) mass is 338 g/mol. The fraction of sp³-hybridized carbons (Fsp3) is 0.316. The minimum Gasteiger partial charge on any atom is -0.348 e. The number of piperidine rings is 1. The normalized spacial score (nSPS) is 15.0. The van der Waals surface area contributed by atoms with E-state index < -0.39 is 0 Å². The topological polar surface area (TPSA) is 78.1 Å². The summed E-state index contributed by atoms with van der Waals surface area (Å²) in [6, 6.07) is 9.38. The zero-order chi connectivity index (χ0) is 17.6. The molecule has 6 nitrogen and oxygen atoms in total. The first-order valence-electron chi connectivity index (χ1n) is 8.45. The van der Waals surface area contributed by atoms with E-state index in [0.29, 0.717) is 18.0 Å². The van der Waals surface area contributed by atoms with Crippen LogP contribution in [0.4, 0.5) is 0 Å². The second kappa shape index (κ2) is 7.79. The summed E-state index contributed by atoms with van der Waals surface area (Å²) in [5, 5.41) is 9.74. The van der Waals surface area contributed by atoms with Crippen molar-refractivity contribution in [3.63, 3.8) is 0 Å². The Bertz CT molecular complexity index is 729. The van der Waals surface area contributed by atoms with Gasteiger partial charge in [-0.1, -0.05) is 18.7 Å². The summed E-state index contributed by atoms with van der Waals surface area (Å²) in [5.41, 5.74) is 2.78. The van der Waals surface area contributed by atoms with Gasteiger partial charge in [0, 0.05) is 43.0 Å². The van der Waals surface area contributed by atoms with Gasteiger partial charge < -0.3 is 10.2 Å². The maximum absolute atomic E-state index is 12.6. The van der Waals surface area contributed by atoms with Crippen LogP contribution in [0.3, 0.4) is 0 Å². The third kappa shape index (κ3) is 4.15. The molecule has 1 aliphatic rings. The van der Waals surface area contributed by atoms with Gasteiger partial charge in [-0.25, -0.2) is 0 Å². The maximum atomic E-state index is 12.6. The van der Waals surface area contributed by atoms with Gasteiger partial charge in [-0.05, 0) is 42.7 Å². The highest BCUT2D eigenvalue weighted by Crippen LogP contribution is 2.27. The fourth-order valence-electron chi connectivity index (χ4n) is 3.10. The van der Waals surface area contributed by atoms with Crippen LogP contribution < -0.4 is 5.32 Å². The first-order chi connectivity index (χ1) is 12.2. The molecule has 1 saturated heterocycles. The SMILES string of the molecule is C=CC(=O)NCc1ccc(C(=O)N2CCC(c3ccn[nH]3)CC2)cc1. The van der Waals surface area contributed by atoms with E-state index in [1.807, 2.05) is 35.2 Å². The molecule has 1 aliphatic heterocycles. The first kappa shape index (κ1) is 17.0. The molecular formula is C19H22N4O2. The summed E-state index contributed by atoms with van der Waals surface area (Å²) < 4.78 is 0. The van der Waals surface area contributed by atoms with E-state index in [2.05, 4.69) is 22.1 Å². The number of carbonyl (C=O) groups is 2. The van der Waals surface area contributed by atoms with Crippen molar-refractivity contribution in [1.82, 2.24) is 20.4 Å². The van der Waals surface area contributed by atoms with Gasteiger partial charge in [0.1, 0.15) is 0 Å². The van der Waals surface area contributed by atoms with Crippen LogP contribution in [0.5, 0.6) is 0 Å². The predicted molar refractivity (Wildman–Crippen MR) is 95.0 cm³/mol. The molecule has 6 heteroatoms. The largest absolute Gasteiger partial charge is 0.348 e. The molecule has 2 aromatic rings. The molecule has 0 spiro atoms. The lowest BCUT2D eigenvalue weighted by atomic mass is 9.93. The Morgan fingerprint density at radius 2 is 1.96 bits per heavy atom. The highest BCUT2D eigenvalue weighted by Gasteiger charge is 2.25. The molecule has 0 atom stereocenters. The summed E-state index contributed by atoms with van der Waals surface area (Å²) in [4.78, 5) is 25.7. The van der Waals surface area contributed by atoms with Gasteiger partial charge in [0.25, 0.3) is 5.91 Å². The second-order valence-corrected chi connectivity index (χ2v) is 6.20. The molecule has 2 amide bonds. The number of nitrogens with one attached hydrogen (secondary N) is 2. The van der Waals surface area contributed by atoms with Crippen molar-refractivity contribution in [1.29, 1.82) is 0 Å². The van der Waals surface area contributed by atoms with Crippen molar-refractivity contribution in [2.45, 2.75) is 25.3 Å². The molecule has 3 rings (SSSR count). The van der Waals surface area contributed by atoms with Crippen LogP contribution in [-0.4, -0.2) is 40.0 Å². The molecular weight excluding hydrogens is 316 g/mol. The third-order valence-electron chi connectivity index (χ3n) is 4.60. The average Bonchev–Trinajstić information content (AvgIpc) is 3.21. The minimum absolute atomic E-state index is 0.0599. The lowest BCUT2D eigenvalue weighted by molar-refractivity contribution is -0.116. The Hall–Kier alpha value is -2.89. The van der Waals surface area contributed by atoms with Crippen molar-refractivity contribution >= 4 is 11.8 Å². The van der Waals surface area contributed by atoms with Crippen LogP contribution in [0, 0.1) is 0 Å². The third-order valence-corrected chi connectivity index (χ3v) is 4.60. The molecule has 25 heavy (non-hydrogen) atoms. The van der Waals surface area contributed by atoms with Crippen LogP contribution in [-0.2, 0) is 11.3 Å². The van der Waals surface area contributed by atoms with Crippen LogP contribution >= 0.6 is 0 Å². The Morgan fingerprint density at radius 1 is 1.24 bits per heavy atom. The van der Waals surface area contributed by atoms with E-state index in [1.54, 1.807) is 6.20 Å². The van der Waals surface area contributed by atoms with E-state index in [4.69, 9.17) is 0 Å². The minimum atomic E-state index is -0.208. The van der Waals surface area contributed by atoms with Gasteiger partial charge in [0.05, 0.1) is 0 Å². The van der Waals surface area contributed by atoms with Crippen molar-refractivity contribution < 1.29 is 9.59 Å². The summed E-state index contributed by atoms with van der Waals surface area (Å²) in [5.74, 6) is 0.299. The van der Waals surface area contributed by atoms with Crippen molar-refractivity contribution in [2.75, 3.05) is 13.1 Å². The van der Waals surface area contributed by atoms with Crippen LogP contribution in [0.15, 0.2) is 49.2 Å². The smallest absolute Gasteiger partial charge is 0.253 e. The second-order valence-electron chi connectivity index (χ2n) is 6.20. The molecule has 0 saturated carbocycles. The molecule has 1 aromatic carbocycles. The summed E-state index contributed by atoms with van der Waals surface area (Å²) in [7, 11) is 0. The molecule has 1 fully saturated rings. The van der Waals surface area contributed by atoms with E-state index in [9.17, 15) is 9.59 Å². The number of hydrogen-bond acceptors (Lipinski definition) is 3. The lowest BCUT2D eigenvalue weighted by Gasteiger charge is -2.31. The average molecular weight is 338 g/mol. The molecule has 2 heterocycles. The van der Waals surface area contributed by atoms with Gasteiger partial charge in [-0.15, -0.1) is 0 Å². The molecule has 2 N–H and O–H groups in total. The van der Waals surface area contributed by atoms with Crippen molar-refractivity contribution in [2.24, 2.45) is 0 Å². The predicted octanol–water partition coefficient (Wildman–Crippen LogP) is 2.23. The molecule has 1 aromatic heterocycles. The van der Waals surface area contributed by atoms with Gasteiger partial charge in [-0.2, -0.15) is 5.10 Å². The van der Waals surface area contributed by atoms with Gasteiger partial charge >= 0.3 is 0 Å². The van der Waals surface area contributed by atoms with Crippen molar-refractivity contribution in [3.05, 3.63) is 66.0 Å². The Labute approximate surface area is 146 Å². The number of nitrogens with zero attached hydrogens (tertiary/aromatic N) is 2. The Kier molecular flexibility index (Phi) is 5.28. The standard InChI is InChI=1S/C19H22N4O2/c1-2-18(24)20-13-14-3-5-16(6-4-14)19(25)23-11-8-15(9-12-23)17-7-10-21-22-17/h2-7,10,15H,1,8-9,11-13H2,(H,20,24)(H,21,22). The summed E-state index contributed by atoms with van der Waals surface area (Å²) in [6.07, 6.45) is 4.90. The molecule has 130 valence electrons. The fourth-order valence-corrected chi connectivity index (χ4v) is 3.10. The number of aromatic amines is 1. The lowest BCUT2D eigenvalue weighted by Crippen LogP contribution is -2.38. The number of rotatable bonds is 5. The Morgan fingerprint density at radius 3 is 2.56 bits per heavy atom. The quantitative estimate of drug-likeness (QED) is 0.821. The van der Waals surface area contributed by atoms with Crippen LogP contribution in [0.2, 0.25) is 0 Å². The highest BCUT2D eigenvalue weighted by atomic mass is 16.2. The Balaban J connectivity index is 1.54. The van der Waals surface area contributed by atoms with E-state index >= 15 is 0 Å². The van der Waals surface area contributed by atoms with E-state index in [0.717, 1.165) is 37.2 Å². The zero-order valence-corrected chi connectivity index (χ0v) is 14.1. The highest BCUT2D eigenvalue weighted by molar-refractivity contribution is 5.94. The molecule has 0 radical (unpaired) electrons. The number of carbonyl (C=O) groups excluding carboxylic acids is 2. The van der Waals surface area contributed by atoms with Gasteiger partial charge in [0.15, 0.2) is 0 Å². The number of H-pyrrole nitrogens is 1. The number of likely N-dealkylation sites (tertiary alicyclic amines) is 1. The molecule has 0 aliphatic carbocycles. The zero-order valence-electron chi connectivity index (χ0n) is 14.1. The number of hydrogen-bond donors (Lipinski definition) is 2. The summed E-state index contributed by atoms with van der Waals surface area (Å²) in [6.45, 7) is 5.34.